The van der Waals surface area contributed by atoms with Crippen LogP contribution in [0.3, 0.4) is 0 Å². The first-order valence-electron chi connectivity index (χ1n) is 7.61. The highest BCUT2D eigenvalue weighted by molar-refractivity contribution is 6.00. The summed E-state index contributed by atoms with van der Waals surface area (Å²) in [6, 6.07) is 11.8. The summed E-state index contributed by atoms with van der Waals surface area (Å²) in [6.07, 6.45) is 0.0452. The topological polar surface area (TPSA) is 49.4 Å². The molecule has 4 nitrogen and oxygen atoms in total. The molecule has 0 aromatic heterocycles. The Morgan fingerprint density at radius 3 is 2.54 bits per heavy atom. The van der Waals surface area contributed by atoms with Gasteiger partial charge < -0.3 is 10.2 Å². The smallest absolute Gasteiger partial charge is 0.227 e. The van der Waals surface area contributed by atoms with Gasteiger partial charge in [0.2, 0.25) is 11.8 Å². The van der Waals surface area contributed by atoms with E-state index < -0.39 is 11.7 Å². The molecule has 0 saturated carbocycles. The molecule has 1 saturated heterocycles. The summed E-state index contributed by atoms with van der Waals surface area (Å²) in [5.41, 5.74) is 0.955. The number of carbonyl (C=O) groups excluding carboxylic acids is 2. The van der Waals surface area contributed by atoms with Crippen LogP contribution in [0.1, 0.15) is 12.0 Å². The predicted octanol–water partition coefficient (Wildman–Crippen LogP) is 2.63. The largest absolute Gasteiger partial charge is 0.352 e. The van der Waals surface area contributed by atoms with Crippen molar-refractivity contribution in [1.29, 1.82) is 0 Å². The van der Waals surface area contributed by atoms with E-state index in [0.717, 1.165) is 5.56 Å². The van der Waals surface area contributed by atoms with Crippen LogP contribution in [0.2, 0.25) is 0 Å². The lowest BCUT2D eigenvalue weighted by Gasteiger charge is -2.17. The zero-order valence-electron chi connectivity index (χ0n) is 12.8. The standard InChI is InChI=1S/C18H16F2N2O2/c19-14-7-5-12(6-8-14)10-21-18(24)13-9-17(23)22(11-13)16-4-2-1-3-15(16)20/h1-8,13H,9-11H2,(H,21,24). The Kier molecular flexibility index (Phi) is 4.55. The molecule has 1 unspecified atom stereocenters. The molecule has 2 aromatic rings. The summed E-state index contributed by atoms with van der Waals surface area (Å²) in [5.74, 6) is -1.91. The van der Waals surface area contributed by atoms with Crippen molar-refractivity contribution < 1.29 is 18.4 Å². The molecule has 2 aromatic carbocycles. The van der Waals surface area contributed by atoms with Gasteiger partial charge in [-0.1, -0.05) is 24.3 Å². The maximum atomic E-state index is 13.8. The quantitative estimate of drug-likeness (QED) is 0.937. The summed E-state index contributed by atoms with van der Waals surface area (Å²) in [4.78, 5) is 25.6. The minimum Gasteiger partial charge on any atom is -0.352 e. The van der Waals surface area contributed by atoms with Gasteiger partial charge in [0, 0.05) is 19.5 Å². The second-order valence-electron chi connectivity index (χ2n) is 5.70. The number of halogens is 2. The molecule has 24 heavy (non-hydrogen) atoms. The molecule has 1 aliphatic heterocycles. The van der Waals surface area contributed by atoms with E-state index in [2.05, 4.69) is 5.32 Å². The van der Waals surface area contributed by atoms with Gasteiger partial charge in [0.05, 0.1) is 11.6 Å². The van der Waals surface area contributed by atoms with Crippen molar-refractivity contribution in [2.24, 2.45) is 5.92 Å². The first-order chi connectivity index (χ1) is 11.5. The average Bonchev–Trinajstić information content (AvgIpc) is 2.96. The summed E-state index contributed by atoms with van der Waals surface area (Å²) < 4.78 is 26.7. The molecule has 0 spiro atoms. The number of carbonyl (C=O) groups is 2. The Morgan fingerprint density at radius 2 is 1.83 bits per heavy atom. The molecule has 1 N–H and O–H groups in total. The fraction of sp³-hybridized carbons (Fsp3) is 0.222. The molecule has 1 heterocycles. The van der Waals surface area contributed by atoms with Gasteiger partial charge in [-0.25, -0.2) is 8.78 Å². The van der Waals surface area contributed by atoms with Crippen LogP contribution in [0, 0.1) is 17.6 Å². The molecule has 1 atom stereocenters. The zero-order valence-corrected chi connectivity index (χ0v) is 12.8. The molecule has 0 bridgehead atoms. The zero-order chi connectivity index (χ0) is 17.1. The van der Waals surface area contributed by atoms with Crippen LogP contribution in [0.25, 0.3) is 0 Å². The number of hydrogen-bond acceptors (Lipinski definition) is 2. The fourth-order valence-electron chi connectivity index (χ4n) is 2.72. The summed E-state index contributed by atoms with van der Waals surface area (Å²) >= 11 is 0. The third-order valence-electron chi connectivity index (χ3n) is 4.02. The lowest BCUT2D eigenvalue weighted by molar-refractivity contribution is -0.126. The van der Waals surface area contributed by atoms with E-state index in [-0.39, 0.29) is 42.8 Å². The van der Waals surface area contributed by atoms with E-state index in [1.54, 1.807) is 24.3 Å². The Bertz CT molecular complexity index is 762. The van der Waals surface area contributed by atoms with Crippen LogP contribution < -0.4 is 10.2 Å². The number of amides is 2. The van der Waals surface area contributed by atoms with Crippen molar-refractivity contribution in [2.45, 2.75) is 13.0 Å². The lowest BCUT2D eigenvalue weighted by Crippen LogP contribution is -2.32. The third kappa shape index (κ3) is 3.42. The molecule has 6 heteroatoms. The monoisotopic (exact) mass is 330 g/mol. The summed E-state index contributed by atoms with van der Waals surface area (Å²) in [6.45, 7) is 0.401. The minimum atomic E-state index is -0.530. The van der Waals surface area contributed by atoms with Crippen LogP contribution in [0.5, 0.6) is 0 Å². The van der Waals surface area contributed by atoms with Crippen LogP contribution in [-0.4, -0.2) is 18.4 Å². The Labute approximate surface area is 138 Å². The highest BCUT2D eigenvalue weighted by atomic mass is 19.1. The number of para-hydroxylation sites is 1. The SMILES string of the molecule is O=C(NCc1ccc(F)cc1)C1CC(=O)N(c2ccccc2F)C1. The number of hydrogen-bond donors (Lipinski definition) is 1. The van der Waals surface area contributed by atoms with Crippen molar-refractivity contribution in [2.75, 3.05) is 11.4 Å². The van der Waals surface area contributed by atoms with Crippen LogP contribution in [0.15, 0.2) is 48.5 Å². The van der Waals surface area contributed by atoms with Crippen molar-refractivity contribution >= 4 is 17.5 Å². The molecule has 1 fully saturated rings. The molecule has 0 radical (unpaired) electrons. The van der Waals surface area contributed by atoms with Crippen molar-refractivity contribution in [1.82, 2.24) is 5.32 Å². The predicted molar refractivity (Wildman–Crippen MR) is 85.1 cm³/mol. The van der Waals surface area contributed by atoms with Gasteiger partial charge in [0.15, 0.2) is 0 Å². The number of nitrogens with zero attached hydrogens (tertiary/aromatic N) is 1. The van der Waals surface area contributed by atoms with Crippen LogP contribution >= 0.6 is 0 Å². The minimum absolute atomic E-state index is 0.0452. The molecular weight excluding hydrogens is 314 g/mol. The van der Waals surface area contributed by atoms with Gasteiger partial charge in [0.25, 0.3) is 0 Å². The highest BCUT2D eigenvalue weighted by Gasteiger charge is 2.35. The van der Waals surface area contributed by atoms with Crippen molar-refractivity contribution in [3.8, 4) is 0 Å². The van der Waals surface area contributed by atoms with Gasteiger partial charge in [-0.05, 0) is 29.8 Å². The average molecular weight is 330 g/mol. The lowest BCUT2D eigenvalue weighted by atomic mass is 10.1. The first kappa shape index (κ1) is 16.1. The van der Waals surface area contributed by atoms with E-state index in [1.165, 1.54) is 29.2 Å². The van der Waals surface area contributed by atoms with E-state index in [1.807, 2.05) is 0 Å². The van der Waals surface area contributed by atoms with Crippen molar-refractivity contribution in [3.05, 3.63) is 65.7 Å². The number of rotatable bonds is 4. The second kappa shape index (κ2) is 6.78. The van der Waals surface area contributed by atoms with E-state index in [4.69, 9.17) is 0 Å². The Morgan fingerprint density at radius 1 is 1.12 bits per heavy atom. The van der Waals surface area contributed by atoms with Gasteiger partial charge in [-0.15, -0.1) is 0 Å². The first-order valence-corrected chi connectivity index (χ1v) is 7.61. The molecular formula is C18H16F2N2O2. The van der Waals surface area contributed by atoms with Crippen LogP contribution in [0.4, 0.5) is 14.5 Å². The van der Waals surface area contributed by atoms with Gasteiger partial charge in [-0.2, -0.15) is 0 Å². The highest BCUT2D eigenvalue weighted by Crippen LogP contribution is 2.27. The van der Waals surface area contributed by atoms with Crippen LogP contribution in [-0.2, 0) is 16.1 Å². The Balaban J connectivity index is 1.62. The Hall–Kier alpha value is -2.76. The molecule has 1 aliphatic rings. The summed E-state index contributed by atoms with van der Waals surface area (Å²) in [7, 11) is 0. The van der Waals surface area contributed by atoms with E-state index >= 15 is 0 Å². The van der Waals surface area contributed by atoms with Gasteiger partial charge >= 0.3 is 0 Å². The second-order valence-corrected chi connectivity index (χ2v) is 5.70. The maximum Gasteiger partial charge on any atom is 0.227 e. The molecule has 124 valence electrons. The number of nitrogens with one attached hydrogen (secondary N) is 1. The van der Waals surface area contributed by atoms with Gasteiger partial charge in [-0.3, -0.25) is 9.59 Å². The molecule has 2 amide bonds. The number of anilines is 1. The fourth-order valence-corrected chi connectivity index (χ4v) is 2.72. The van der Waals surface area contributed by atoms with E-state index in [9.17, 15) is 18.4 Å². The normalized spacial score (nSPS) is 17.2. The molecule has 0 aliphatic carbocycles. The van der Waals surface area contributed by atoms with Crippen molar-refractivity contribution in [3.63, 3.8) is 0 Å². The van der Waals surface area contributed by atoms with Gasteiger partial charge in [0.1, 0.15) is 11.6 Å². The molecule has 3 rings (SSSR count). The maximum absolute atomic E-state index is 13.8. The van der Waals surface area contributed by atoms with E-state index in [0.29, 0.717) is 0 Å². The summed E-state index contributed by atoms with van der Waals surface area (Å²) in [5, 5.41) is 2.73. The third-order valence-corrected chi connectivity index (χ3v) is 4.02. The number of benzene rings is 2.